The fraction of sp³-hybridized carbons (Fsp3) is 0. The molecule has 0 aromatic heterocycles. The predicted molar refractivity (Wildman–Crippen MR) is 79.5 cm³/mol. The lowest BCUT2D eigenvalue weighted by atomic mass is 10.2. The Bertz CT molecular complexity index is 611. The molecule has 90 valence electrons. The van der Waals surface area contributed by atoms with E-state index in [1.54, 1.807) is 18.2 Å². The molecule has 0 aliphatic rings. The van der Waals surface area contributed by atoms with Gasteiger partial charge < -0.3 is 0 Å². The van der Waals surface area contributed by atoms with Crippen LogP contribution in [0.5, 0.6) is 0 Å². The molecule has 0 atom stereocenters. The summed E-state index contributed by atoms with van der Waals surface area (Å²) in [6, 6.07) is 14.2. The highest BCUT2D eigenvalue weighted by Gasteiger charge is 2.09. The Morgan fingerprint density at radius 3 is 2.67 bits per heavy atom. The van der Waals surface area contributed by atoms with Crippen molar-refractivity contribution in [2.45, 2.75) is 0 Å². The van der Waals surface area contributed by atoms with Crippen LogP contribution in [0.4, 0.5) is 11.4 Å². The average molecular weight is 352 g/mol. The molecule has 0 saturated carbocycles. The van der Waals surface area contributed by atoms with Gasteiger partial charge in [-0.1, -0.05) is 18.2 Å². The maximum absolute atomic E-state index is 10.8. The fourth-order valence-electron chi connectivity index (χ4n) is 1.46. The molecule has 2 aromatic rings. The summed E-state index contributed by atoms with van der Waals surface area (Å²) < 4.78 is 1.07. The number of rotatable bonds is 3. The van der Waals surface area contributed by atoms with E-state index in [0.29, 0.717) is 5.56 Å². The van der Waals surface area contributed by atoms with E-state index in [4.69, 9.17) is 0 Å². The van der Waals surface area contributed by atoms with Gasteiger partial charge in [0.2, 0.25) is 0 Å². The van der Waals surface area contributed by atoms with Gasteiger partial charge in [0.1, 0.15) is 0 Å². The molecule has 0 N–H and O–H groups in total. The first-order valence-corrected chi connectivity index (χ1v) is 6.28. The van der Waals surface area contributed by atoms with Gasteiger partial charge in [0.15, 0.2) is 0 Å². The van der Waals surface area contributed by atoms with Crippen molar-refractivity contribution in [2.24, 2.45) is 4.99 Å². The minimum atomic E-state index is -0.407. The van der Waals surface area contributed by atoms with Crippen molar-refractivity contribution in [2.75, 3.05) is 0 Å². The van der Waals surface area contributed by atoms with Gasteiger partial charge in [0, 0.05) is 15.9 Å². The van der Waals surface area contributed by atoms with Crippen molar-refractivity contribution in [3.63, 3.8) is 0 Å². The number of nitro groups is 1. The minimum Gasteiger partial charge on any atom is -0.258 e. The van der Waals surface area contributed by atoms with Crippen LogP contribution in [0.15, 0.2) is 53.5 Å². The third-order valence-corrected chi connectivity index (χ3v) is 2.97. The van der Waals surface area contributed by atoms with Crippen LogP contribution in [0, 0.1) is 13.7 Å². The van der Waals surface area contributed by atoms with E-state index in [1.165, 1.54) is 12.3 Å². The van der Waals surface area contributed by atoms with Crippen LogP contribution in [-0.2, 0) is 0 Å². The number of halogens is 1. The summed E-state index contributed by atoms with van der Waals surface area (Å²) in [6.07, 6.45) is 1.52. The number of hydrogen-bond donors (Lipinski definition) is 0. The summed E-state index contributed by atoms with van der Waals surface area (Å²) >= 11 is 2.20. The van der Waals surface area contributed by atoms with Gasteiger partial charge >= 0.3 is 0 Å². The maximum atomic E-state index is 10.8. The van der Waals surface area contributed by atoms with Gasteiger partial charge in [-0.15, -0.1) is 0 Å². The summed E-state index contributed by atoms with van der Waals surface area (Å²) in [7, 11) is 0. The Balaban J connectivity index is 2.32. The molecule has 0 radical (unpaired) electrons. The van der Waals surface area contributed by atoms with Crippen LogP contribution in [0.3, 0.4) is 0 Å². The Morgan fingerprint density at radius 2 is 1.94 bits per heavy atom. The van der Waals surface area contributed by atoms with Crippen LogP contribution >= 0.6 is 22.6 Å². The highest BCUT2D eigenvalue weighted by molar-refractivity contribution is 14.1. The normalized spacial score (nSPS) is 10.7. The quantitative estimate of drug-likeness (QED) is 0.364. The van der Waals surface area contributed by atoms with Gasteiger partial charge in [0.05, 0.1) is 16.2 Å². The number of para-hydroxylation sites is 1. The first-order chi connectivity index (χ1) is 8.66. The van der Waals surface area contributed by atoms with Crippen LogP contribution in [-0.4, -0.2) is 11.1 Å². The SMILES string of the molecule is O=[N+]([O-])c1ccccc1C=Nc1cccc(I)c1. The molecule has 0 spiro atoms. The molecule has 0 saturated heterocycles. The standard InChI is InChI=1S/C13H9IN2O2/c14-11-5-3-6-12(8-11)15-9-10-4-1-2-7-13(10)16(17)18/h1-9H. The molecule has 0 amide bonds. The summed E-state index contributed by atoms with van der Waals surface area (Å²) in [5.74, 6) is 0. The summed E-state index contributed by atoms with van der Waals surface area (Å²) in [6.45, 7) is 0. The Kier molecular flexibility index (Phi) is 4.03. The number of benzene rings is 2. The highest BCUT2D eigenvalue weighted by Crippen LogP contribution is 2.19. The zero-order chi connectivity index (χ0) is 13.0. The average Bonchev–Trinajstić information content (AvgIpc) is 2.37. The topological polar surface area (TPSA) is 55.5 Å². The minimum absolute atomic E-state index is 0.0619. The monoisotopic (exact) mass is 352 g/mol. The van der Waals surface area contributed by atoms with Crippen molar-refractivity contribution < 1.29 is 4.92 Å². The molecular weight excluding hydrogens is 343 g/mol. The predicted octanol–water partition coefficient (Wildman–Crippen LogP) is 3.95. The van der Waals surface area contributed by atoms with Crippen LogP contribution in [0.2, 0.25) is 0 Å². The van der Waals surface area contributed by atoms with Gasteiger partial charge in [0.25, 0.3) is 5.69 Å². The Labute approximate surface area is 118 Å². The fourth-order valence-corrected chi connectivity index (χ4v) is 1.99. The maximum Gasteiger partial charge on any atom is 0.278 e. The molecule has 0 heterocycles. The van der Waals surface area contributed by atoms with Gasteiger partial charge in [-0.05, 0) is 46.9 Å². The second kappa shape index (κ2) is 5.72. The second-order valence-electron chi connectivity index (χ2n) is 3.55. The Hall–Kier alpha value is -1.76. The number of nitrogens with zero attached hydrogens (tertiary/aromatic N) is 2. The van der Waals surface area contributed by atoms with Crippen LogP contribution < -0.4 is 0 Å². The van der Waals surface area contributed by atoms with Crippen LogP contribution in [0.25, 0.3) is 0 Å². The molecule has 5 heteroatoms. The van der Waals surface area contributed by atoms with E-state index in [-0.39, 0.29) is 5.69 Å². The number of aliphatic imine (C=N–C) groups is 1. The highest BCUT2D eigenvalue weighted by atomic mass is 127. The molecule has 0 bridgehead atoms. The van der Waals surface area contributed by atoms with E-state index >= 15 is 0 Å². The van der Waals surface area contributed by atoms with E-state index in [1.807, 2.05) is 24.3 Å². The molecule has 4 nitrogen and oxygen atoms in total. The third-order valence-electron chi connectivity index (χ3n) is 2.29. The van der Waals surface area contributed by atoms with Crippen molar-refractivity contribution >= 4 is 40.2 Å². The molecule has 0 unspecified atom stereocenters. The van der Waals surface area contributed by atoms with E-state index in [0.717, 1.165) is 9.26 Å². The number of hydrogen-bond acceptors (Lipinski definition) is 3. The molecule has 0 aliphatic heterocycles. The lowest BCUT2D eigenvalue weighted by Crippen LogP contribution is -1.93. The molecule has 0 aliphatic carbocycles. The molecule has 2 rings (SSSR count). The molecular formula is C13H9IN2O2. The second-order valence-corrected chi connectivity index (χ2v) is 4.80. The van der Waals surface area contributed by atoms with Gasteiger partial charge in [-0.2, -0.15) is 0 Å². The zero-order valence-corrected chi connectivity index (χ0v) is 11.4. The molecule has 0 fully saturated rings. The van der Waals surface area contributed by atoms with Gasteiger partial charge in [-0.3, -0.25) is 15.1 Å². The lowest BCUT2D eigenvalue weighted by molar-refractivity contribution is -0.385. The van der Waals surface area contributed by atoms with Crippen molar-refractivity contribution in [1.29, 1.82) is 0 Å². The molecule has 18 heavy (non-hydrogen) atoms. The number of nitro benzene ring substituents is 1. The summed E-state index contributed by atoms with van der Waals surface area (Å²) in [5, 5.41) is 10.8. The Morgan fingerprint density at radius 1 is 1.17 bits per heavy atom. The summed E-state index contributed by atoms with van der Waals surface area (Å²) in [5.41, 5.74) is 1.34. The van der Waals surface area contributed by atoms with E-state index in [2.05, 4.69) is 27.6 Å². The van der Waals surface area contributed by atoms with Crippen LogP contribution in [0.1, 0.15) is 5.56 Å². The van der Waals surface area contributed by atoms with Crippen molar-refractivity contribution in [1.82, 2.24) is 0 Å². The first kappa shape index (κ1) is 12.7. The third kappa shape index (κ3) is 3.13. The smallest absolute Gasteiger partial charge is 0.258 e. The van der Waals surface area contributed by atoms with Crippen molar-refractivity contribution in [3.05, 3.63) is 67.8 Å². The van der Waals surface area contributed by atoms with E-state index in [9.17, 15) is 10.1 Å². The molecule has 2 aromatic carbocycles. The van der Waals surface area contributed by atoms with Gasteiger partial charge in [-0.25, -0.2) is 0 Å². The summed E-state index contributed by atoms with van der Waals surface area (Å²) in [4.78, 5) is 14.7. The largest absolute Gasteiger partial charge is 0.278 e. The zero-order valence-electron chi connectivity index (χ0n) is 9.29. The lowest BCUT2D eigenvalue weighted by Gasteiger charge is -1.97. The van der Waals surface area contributed by atoms with Crippen molar-refractivity contribution in [3.8, 4) is 0 Å². The van der Waals surface area contributed by atoms with E-state index < -0.39 is 4.92 Å². The first-order valence-electron chi connectivity index (χ1n) is 5.20.